The van der Waals surface area contributed by atoms with Gasteiger partial charge in [-0.15, -0.1) is 0 Å². The van der Waals surface area contributed by atoms with E-state index < -0.39 is 0 Å². The van der Waals surface area contributed by atoms with E-state index in [4.69, 9.17) is 0 Å². The van der Waals surface area contributed by atoms with Crippen molar-refractivity contribution in [3.63, 3.8) is 0 Å². The molecule has 0 bridgehead atoms. The van der Waals surface area contributed by atoms with Gasteiger partial charge in [-0.3, -0.25) is 19.2 Å². The summed E-state index contributed by atoms with van der Waals surface area (Å²) in [7, 11) is 0. The molecule has 0 radical (unpaired) electrons. The predicted octanol–water partition coefficient (Wildman–Crippen LogP) is 3.83. The van der Waals surface area contributed by atoms with Gasteiger partial charge in [-0.05, 0) is 35.7 Å². The topological polar surface area (TPSA) is 113 Å². The maximum absolute atomic E-state index is 13.1. The molecule has 1 aromatic heterocycles. The number of fused-ring (bicyclic) bond motifs is 2. The molecule has 9 nitrogen and oxygen atoms in total. The molecule has 4 amide bonds. The third-order valence-corrected chi connectivity index (χ3v) is 7.33. The Morgan fingerprint density at radius 3 is 2.55 bits per heavy atom. The van der Waals surface area contributed by atoms with E-state index in [-0.39, 0.29) is 49.2 Å². The molecule has 2 heterocycles. The van der Waals surface area contributed by atoms with Gasteiger partial charge in [0.2, 0.25) is 17.7 Å². The van der Waals surface area contributed by atoms with Crippen molar-refractivity contribution in [3.05, 3.63) is 89.6 Å². The number of amides is 4. The summed E-state index contributed by atoms with van der Waals surface area (Å²) in [5.41, 5.74) is 1.86. The van der Waals surface area contributed by atoms with Crippen LogP contribution in [0.4, 0.5) is 5.69 Å². The molecular formula is C30H28BrN5O4. The molecule has 4 aromatic rings. The quantitative estimate of drug-likeness (QED) is 0.253. The summed E-state index contributed by atoms with van der Waals surface area (Å²) in [6.45, 7) is 4.53. The molecule has 0 atom stereocenters. The van der Waals surface area contributed by atoms with Crippen LogP contribution in [0.25, 0.3) is 21.7 Å². The number of benzene rings is 3. The third kappa shape index (κ3) is 5.91. The van der Waals surface area contributed by atoms with E-state index in [0.29, 0.717) is 24.0 Å². The normalized spacial score (nSPS) is 13.1. The van der Waals surface area contributed by atoms with Crippen LogP contribution in [0.3, 0.4) is 0 Å². The van der Waals surface area contributed by atoms with Crippen molar-refractivity contribution in [2.45, 2.75) is 19.0 Å². The Balaban J connectivity index is 1.20. The van der Waals surface area contributed by atoms with Gasteiger partial charge >= 0.3 is 0 Å². The van der Waals surface area contributed by atoms with E-state index in [9.17, 15) is 19.2 Å². The molecule has 1 aliphatic heterocycles. The SMILES string of the molecule is C=CC(=O)N1CC(NC(=O)Cn2cc(C(=O)NCCC(=O)Nc3cccc4ccccc34)c3cc(Br)ccc32)C1. The molecule has 10 heteroatoms. The minimum atomic E-state index is -0.335. The van der Waals surface area contributed by atoms with E-state index in [2.05, 4.69) is 38.5 Å². The van der Waals surface area contributed by atoms with Gasteiger partial charge in [0.25, 0.3) is 5.91 Å². The first-order chi connectivity index (χ1) is 19.3. The molecular weight excluding hydrogens is 574 g/mol. The Labute approximate surface area is 239 Å². The summed E-state index contributed by atoms with van der Waals surface area (Å²) < 4.78 is 2.53. The molecule has 0 saturated carbocycles. The van der Waals surface area contributed by atoms with Crippen LogP contribution in [-0.4, -0.2) is 58.8 Å². The fourth-order valence-corrected chi connectivity index (χ4v) is 5.18. The first-order valence-electron chi connectivity index (χ1n) is 12.9. The largest absolute Gasteiger partial charge is 0.351 e. The number of carbonyl (C=O) groups excluding carboxylic acids is 4. The molecule has 204 valence electrons. The number of hydrogen-bond donors (Lipinski definition) is 3. The molecule has 0 spiro atoms. The number of anilines is 1. The lowest BCUT2D eigenvalue weighted by atomic mass is 10.1. The summed E-state index contributed by atoms with van der Waals surface area (Å²) in [5.74, 6) is -0.914. The van der Waals surface area contributed by atoms with Gasteiger partial charge in [-0.1, -0.05) is 58.9 Å². The van der Waals surface area contributed by atoms with Crippen molar-refractivity contribution in [3.8, 4) is 0 Å². The standard InChI is InChI=1S/C30H28BrN5O4/c1-2-29(39)36-15-21(16-36)33-28(38)18-35-17-24(23-14-20(31)10-11-26(23)35)30(40)32-13-12-27(37)34-25-9-5-7-19-6-3-4-8-22(19)25/h2-11,14,17,21H,1,12-13,15-16,18H2,(H,32,40)(H,33,38)(H,34,37). The lowest BCUT2D eigenvalue weighted by Crippen LogP contribution is -2.61. The number of nitrogens with zero attached hydrogens (tertiary/aromatic N) is 2. The van der Waals surface area contributed by atoms with Crippen LogP contribution in [0.1, 0.15) is 16.8 Å². The fourth-order valence-electron chi connectivity index (χ4n) is 4.82. The van der Waals surface area contributed by atoms with Gasteiger partial charge in [0, 0.05) is 58.7 Å². The number of carbonyl (C=O) groups is 4. The molecule has 0 unspecified atom stereocenters. The number of likely N-dealkylation sites (tertiary alicyclic amines) is 1. The molecule has 3 aromatic carbocycles. The van der Waals surface area contributed by atoms with Crippen molar-refractivity contribution in [1.82, 2.24) is 20.1 Å². The Hall–Kier alpha value is -4.44. The van der Waals surface area contributed by atoms with E-state index in [1.165, 1.54) is 6.08 Å². The molecule has 1 aliphatic rings. The van der Waals surface area contributed by atoms with Crippen LogP contribution in [0.15, 0.2) is 84.0 Å². The first kappa shape index (κ1) is 27.1. The molecule has 5 rings (SSSR count). The molecule has 1 fully saturated rings. The van der Waals surface area contributed by atoms with Crippen molar-refractivity contribution >= 4 is 66.9 Å². The van der Waals surface area contributed by atoms with Crippen LogP contribution < -0.4 is 16.0 Å². The average Bonchev–Trinajstić information content (AvgIpc) is 3.27. The third-order valence-electron chi connectivity index (χ3n) is 6.84. The number of rotatable bonds is 9. The Bertz CT molecular complexity index is 1630. The summed E-state index contributed by atoms with van der Waals surface area (Å²) >= 11 is 3.46. The maximum atomic E-state index is 13.1. The zero-order valence-corrected chi connectivity index (χ0v) is 23.2. The maximum Gasteiger partial charge on any atom is 0.253 e. The molecule has 0 aliphatic carbocycles. The fraction of sp³-hybridized carbons (Fsp3) is 0.200. The van der Waals surface area contributed by atoms with Crippen molar-refractivity contribution in [2.75, 3.05) is 25.0 Å². The minimum Gasteiger partial charge on any atom is -0.351 e. The minimum absolute atomic E-state index is 0.0186. The van der Waals surface area contributed by atoms with E-state index in [0.717, 1.165) is 26.4 Å². The van der Waals surface area contributed by atoms with Gasteiger partial charge in [-0.25, -0.2) is 0 Å². The average molecular weight is 602 g/mol. The van der Waals surface area contributed by atoms with Crippen molar-refractivity contribution in [2.24, 2.45) is 0 Å². The Morgan fingerprint density at radius 1 is 0.975 bits per heavy atom. The Morgan fingerprint density at radius 2 is 1.75 bits per heavy atom. The molecule has 40 heavy (non-hydrogen) atoms. The number of halogens is 1. The van der Waals surface area contributed by atoms with E-state index in [1.807, 2.05) is 60.7 Å². The second-order valence-electron chi connectivity index (χ2n) is 9.62. The van der Waals surface area contributed by atoms with Crippen LogP contribution in [0.2, 0.25) is 0 Å². The van der Waals surface area contributed by atoms with Crippen LogP contribution in [0, 0.1) is 0 Å². The van der Waals surface area contributed by atoms with Gasteiger partial charge in [-0.2, -0.15) is 0 Å². The number of hydrogen-bond acceptors (Lipinski definition) is 4. The smallest absolute Gasteiger partial charge is 0.253 e. The number of aromatic nitrogens is 1. The summed E-state index contributed by atoms with van der Waals surface area (Å²) in [6, 6.07) is 18.9. The zero-order chi connectivity index (χ0) is 28.2. The van der Waals surface area contributed by atoms with E-state index >= 15 is 0 Å². The zero-order valence-electron chi connectivity index (χ0n) is 21.7. The van der Waals surface area contributed by atoms with Crippen LogP contribution in [0.5, 0.6) is 0 Å². The predicted molar refractivity (Wildman–Crippen MR) is 158 cm³/mol. The molecule has 1 saturated heterocycles. The summed E-state index contributed by atoms with van der Waals surface area (Å²) in [6.07, 6.45) is 3.01. The van der Waals surface area contributed by atoms with Crippen LogP contribution >= 0.6 is 15.9 Å². The van der Waals surface area contributed by atoms with Gasteiger partial charge in [0.05, 0.1) is 11.6 Å². The van der Waals surface area contributed by atoms with Gasteiger partial charge in [0.1, 0.15) is 6.54 Å². The summed E-state index contributed by atoms with van der Waals surface area (Å²) in [5, 5.41) is 11.3. The summed E-state index contributed by atoms with van der Waals surface area (Å²) in [4.78, 5) is 51.7. The first-order valence-corrected chi connectivity index (χ1v) is 13.7. The van der Waals surface area contributed by atoms with Gasteiger partial charge in [0.15, 0.2) is 0 Å². The lowest BCUT2D eigenvalue weighted by Gasteiger charge is -2.38. The van der Waals surface area contributed by atoms with Crippen LogP contribution in [-0.2, 0) is 20.9 Å². The highest BCUT2D eigenvalue weighted by atomic mass is 79.9. The molecule has 3 N–H and O–H groups in total. The highest BCUT2D eigenvalue weighted by Gasteiger charge is 2.30. The Kier molecular flexibility index (Phi) is 7.97. The van der Waals surface area contributed by atoms with E-state index in [1.54, 1.807) is 15.7 Å². The monoisotopic (exact) mass is 601 g/mol. The van der Waals surface area contributed by atoms with Gasteiger partial charge < -0.3 is 25.4 Å². The number of nitrogens with one attached hydrogen (secondary N) is 3. The van der Waals surface area contributed by atoms with Crippen molar-refractivity contribution < 1.29 is 19.2 Å². The second-order valence-corrected chi connectivity index (χ2v) is 10.5. The van der Waals surface area contributed by atoms with Crippen molar-refractivity contribution in [1.29, 1.82) is 0 Å². The lowest BCUT2D eigenvalue weighted by molar-refractivity contribution is -0.133. The highest BCUT2D eigenvalue weighted by molar-refractivity contribution is 9.10. The second kappa shape index (κ2) is 11.7. The highest BCUT2D eigenvalue weighted by Crippen LogP contribution is 2.26.